The van der Waals surface area contributed by atoms with Gasteiger partial charge in [-0.1, -0.05) is 12.1 Å². The van der Waals surface area contributed by atoms with E-state index in [2.05, 4.69) is 24.0 Å². The number of aliphatic hydroxyl groups is 1. The van der Waals surface area contributed by atoms with E-state index in [0.717, 1.165) is 31.6 Å². The zero-order valence-electron chi connectivity index (χ0n) is 11.6. The minimum absolute atomic E-state index is 0.218. The van der Waals surface area contributed by atoms with E-state index in [-0.39, 0.29) is 12.3 Å². The lowest BCUT2D eigenvalue weighted by atomic mass is 10.1. The molecule has 0 aromatic heterocycles. The van der Waals surface area contributed by atoms with Crippen molar-refractivity contribution in [1.29, 1.82) is 0 Å². The van der Waals surface area contributed by atoms with Gasteiger partial charge in [0.15, 0.2) is 0 Å². The first-order chi connectivity index (χ1) is 9.22. The summed E-state index contributed by atoms with van der Waals surface area (Å²) in [7, 11) is 0. The number of ether oxygens (including phenoxy) is 1. The summed E-state index contributed by atoms with van der Waals surface area (Å²) < 4.78 is 5.67. The highest BCUT2D eigenvalue weighted by Gasteiger charge is 2.27. The van der Waals surface area contributed by atoms with Gasteiger partial charge in [0.1, 0.15) is 12.0 Å². The lowest BCUT2D eigenvalue weighted by Crippen LogP contribution is -2.31. The molecule has 2 rings (SSSR count). The second-order valence-corrected chi connectivity index (χ2v) is 5.10. The molecule has 2 unspecified atom stereocenters. The number of likely N-dealkylation sites (tertiary alicyclic amines) is 1. The second-order valence-electron chi connectivity index (χ2n) is 5.10. The predicted octanol–water partition coefficient (Wildman–Crippen LogP) is 1.89. The molecule has 106 valence electrons. The molecule has 1 fully saturated rings. The van der Waals surface area contributed by atoms with Gasteiger partial charge in [-0.15, -0.1) is 0 Å². The molecule has 1 saturated heterocycles. The fraction of sp³-hybridized carbons (Fsp3) is 0.600. The van der Waals surface area contributed by atoms with Crippen molar-refractivity contribution in [3.8, 4) is 5.75 Å². The van der Waals surface area contributed by atoms with E-state index in [0.29, 0.717) is 13.2 Å². The van der Waals surface area contributed by atoms with Gasteiger partial charge < -0.3 is 15.6 Å². The number of benzene rings is 1. The highest BCUT2D eigenvalue weighted by molar-refractivity contribution is 5.30. The minimum Gasteiger partial charge on any atom is -0.494 e. The first kappa shape index (κ1) is 14.3. The number of nitrogens with two attached hydrogens (primary N) is 1. The van der Waals surface area contributed by atoms with Crippen molar-refractivity contribution in [2.45, 2.75) is 38.5 Å². The van der Waals surface area contributed by atoms with Crippen LogP contribution in [0, 0.1) is 0 Å². The van der Waals surface area contributed by atoms with Gasteiger partial charge in [-0.25, -0.2) is 0 Å². The molecule has 19 heavy (non-hydrogen) atoms. The normalized spacial score (nSPS) is 21.5. The SMILES string of the molecule is CC(c1cccc(OCCCN)c1)N1CCCC1O. The minimum atomic E-state index is -0.309. The molecule has 0 spiro atoms. The summed E-state index contributed by atoms with van der Waals surface area (Å²) >= 11 is 0. The van der Waals surface area contributed by atoms with E-state index in [1.54, 1.807) is 0 Å². The Morgan fingerprint density at radius 3 is 3.05 bits per heavy atom. The molecule has 0 amide bonds. The van der Waals surface area contributed by atoms with Crippen molar-refractivity contribution >= 4 is 0 Å². The van der Waals surface area contributed by atoms with Gasteiger partial charge in [0.25, 0.3) is 0 Å². The Bertz CT molecular complexity index is 397. The molecule has 1 aromatic carbocycles. The Morgan fingerprint density at radius 2 is 2.37 bits per heavy atom. The predicted molar refractivity (Wildman–Crippen MR) is 76.0 cm³/mol. The van der Waals surface area contributed by atoms with Crippen molar-refractivity contribution < 1.29 is 9.84 Å². The van der Waals surface area contributed by atoms with Crippen LogP contribution in [-0.2, 0) is 0 Å². The lowest BCUT2D eigenvalue weighted by Gasteiger charge is -2.28. The number of hydrogen-bond donors (Lipinski definition) is 2. The van der Waals surface area contributed by atoms with Gasteiger partial charge in [-0.05, 0) is 50.4 Å². The Labute approximate surface area is 115 Å². The Morgan fingerprint density at radius 1 is 1.53 bits per heavy atom. The smallest absolute Gasteiger partial charge is 0.119 e. The fourth-order valence-corrected chi connectivity index (χ4v) is 2.55. The van der Waals surface area contributed by atoms with Gasteiger partial charge in [-0.2, -0.15) is 0 Å². The number of nitrogens with zero attached hydrogens (tertiary/aromatic N) is 1. The topological polar surface area (TPSA) is 58.7 Å². The van der Waals surface area contributed by atoms with E-state index in [1.165, 1.54) is 5.56 Å². The molecule has 0 aliphatic carbocycles. The van der Waals surface area contributed by atoms with E-state index < -0.39 is 0 Å². The molecule has 1 heterocycles. The van der Waals surface area contributed by atoms with Crippen LogP contribution in [0.2, 0.25) is 0 Å². The van der Waals surface area contributed by atoms with Crippen LogP contribution in [0.1, 0.15) is 37.8 Å². The molecule has 4 heteroatoms. The van der Waals surface area contributed by atoms with E-state index in [1.807, 2.05) is 12.1 Å². The summed E-state index contributed by atoms with van der Waals surface area (Å²) in [5.74, 6) is 0.881. The average Bonchev–Trinajstić information content (AvgIpc) is 2.85. The van der Waals surface area contributed by atoms with Crippen molar-refractivity contribution in [2.75, 3.05) is 19.7 Å². The zero-order chi connectivity index (χ0) is 13.7. The highest BCUT2D eigenvalue weighted by atomic mass is 16.5. The van der Waals surface area contributed by atoms with Crippen LogP contribution in [0.15, 0.2) is 24.3 Å². The molecule has 2 atom stereocenters. The van der Waals surface area contributed by atoms with Gasteiger partial charge in [-0.3, -0.25) is 4.90 Å². The number of aliphatic hydroxyl groups excluding tert-OH is 1. The second kappa shape index (κ2) is 6.89. The standard InChI is InChI=1S/C15H24N2O2/c1-12(17-9-3-7-15(17)18)13-5-2-6-14(11-13)19-10-4-8-16/h2,5-6,11-12,15,18H,3-4,7-10,16H2,1H3. The maximum Gasteiger partial charge on any atom is 0.119 e. The van der Waals surface area contributed by atoms with Crippen molar-refractivity contribution in [2.24, 2.45) is 5.73 Å². The van der Waals surface area contributed by atoms with E-state index >= 15 is 0 Å². The van der Waals surface area contributed by atoms with Crippen molar-refractivity contribution in [3.05, 3.63) is 29.8 Å². The Hall–Kier alpha value is -1.10. The first-order valence-electron chi connectivity index (χ1n) is 7.09. The van der Waals surface area contributed by atoms with Gasteiger partial charge in [0.2, 0.25) is 0 Å². The Balaban J connectivity index is 2.01. The zero-order valence-corrected chi connectivity index (χ0v) is 11.6. The summed E-state index contributed by atoms with van der Waals surface area (Å²) in [6.07, 6.45) is 2.50. The quantitative estimate of drug-likeness (QED) is 0.770. The third kappa shape index (κ3) is 3.69. The van der Waals surface area contributed by atoms with Crippen molar-refractivity contribution in [1.82, 2.24) is 4.90 Å². The summed E-state index contributed by atoms with van der Waals surface area (Å²) in [4.78, 5) is 2.14. The number of rotatable bonds is 6. The average molecular weight is 264 g/mol. The van der Waals surface area contributed by atoms with E-state index in [9.17, 15) is 5.11 Å². The van der Waals surface area contributed by atoms with Gasteiger partial charge >= 0.3 is 0 Å². The van der Waals surface area contributed by atoms with Crippen LogP contribution in [-0.4, -0.2) is 35.9 Å². The summed E-state index contributed by atoms with van der Waals surface area (Å²) in [6.45, 7) is 4.39. The van der Waals surface area contributed by atoms with Gasteiger partial charge in [0.05, 0.1) is 6.61 Å². The summed E-state index contributed by atoms with van der Waals surface area (Å²) in [6, 6.07) is 8.34. The molecule has 4 nitrogen and oxygen atoms in total. The van der Waals surface area contributed by atoms with Gasteiger partial charge in [0, 0.05) is 12.6 Å². The Kier molecular flexibility index (Phi) is 5.19. The maximum absolute atomic E-state index is 9.94. The highest BCUT2D eigenvalue weighted by Crippen LogP contribution is 2.29. The maximum atomic E-state index is 9.94. The summed E-state index contributed by atoms with van der Waals surface area (Å²) in [5, 5.41) is 9.94. The van der Waals surface area contributed by atoms with Crippen LogP contribution in [0.5, 0.6) is 5.75 Å². The molecular weight excluding hydrogens is 240 g/mol. The monoisotopic (exact) mass is 264 g/mol. The largest absolute Gasteiger partial charge is 0.494 e. The van der Waals surface area contributed by atoms with Crippen LogP contribution < -0.4 is 10.5 Å². The molecule has 1 aromatic rings. The fourth-order valence-electron chi connectivity index (χ4n) is 2.55. The van der Waals surface area contributed by atoms with Crippen LogP contribution in [0.3, 0.4) is 0 Å². The molecule has 1 aliphatic heterocycles. The molecule has 0 saturated carbocycles. The van der Waals surface area contributed by atoms with E-state index in [4.69, 9.17) is 10.5 Å². The number of hydrogen-bond acceptors (Lipinski definition) is 4. The first-order valence-corrected chi connectivity index (χ1v) is 7.09. The van der Waals surface area contributed by atoms with Crippen LogP contribution in [0.4, 0.5) is 0 Å². The molecule has 1 aliphatic rings. The van der Waals surface area contributed by atoms with Crippen molar-refractivity contribution in [3.63, 3.8) is 0 Å². The van der Waals surface area contributed by atoms with Crippen LogP contribution >= 0.6 is 0 Å². The third-order valence-electron chi connectivity index (χ3n) is 3.72. The van der Waals surface area contributed by atoms with Crippen LogP contribution in [0.25, 0.3) is 0 Å². The lowest BCUT2D eigenvalue weighted by molar-refractivity contribution is 0.0126. The molecule has 0 radical (unpaired) electrons. The third-order valence-corrected chi connectivity index (χ3v) is 3.72. The molecule has 0 bridgehead atoms. The summed E-state index contributed by atoms with van der Waals surface area (Å²) in [5.41, 5.74) is 6.64. The molecule has 3 N–H and O–H groups in total. The molecular formula is C15H24N2O2.